The zero-order valence-corrected chi connectivity index (χ0v) is 11.7. The summed E-state index contributed by atoms with van der Waals surface area (Å²) in [5.74, 6) is 0.279. The topological polar surface area (TPSA) is 32.3 Å². The lowest BCUT2D eigenvalue weighted by molar-refractivity contribution is 0.244. The number of aliphatic hydroxyl groups excluding tert-OH is 1. The van der Waals surface area contributed by atoms with Crippen molar-refractivity contribution >= 4 is 44.2 Å². The summed E-state index contributed by atoms with van der Waals surface area (Å²) in [4.78, 5) is 0. The van der Waals surface area contributed by atoms with Gasteiger partial charge in [0.2, 0.25) is 0 Å². The highest BCUT2D eigenvalue weighted by molar-refractivity contribution is 14.1. The number of nitrogens with one attached hydrogen (secondary N) is 1. The molecule has 78 valence electrons. The monoisotopic (exact) mass is 369 g/mol. The van der Waals surface area contributed by atoms with Crippen molar-refractivity contribution in [2.75, 3.05) is 18.5 Å². The van der Waals surface area contributed by atoms with Crippen LogP contribution in [0.4, 0.5) is 5.69 Å². The second-order valence-electron chi connectivity index (χ2n) is 3.29. The molecule has 0 aromatic heterocycles. The zero-order chi connectivity index (χ0) is 10.6. The quantitative estimate of drug-likeness (QED) is 0.799. The summed E-state index contributed by atoms with van der Waals surface area (Å²) < 4.78 is 2.27. The molecular weight excluding hydrogens is 357 g/mol. The van der Waals surface area contributed by atoms with E-state index in [0.29, 0.717) is 0 Å². The summed E-state index contributed by atoms with van der Waals surface area (Å²) in [6.07, 6.45) is 0. The summed E-state index contributed by atoms with van der Waals surface area (Å²) in [6.45, 7) is 3.01. The number of aliphatic hydroxyl groups is 1. The minimum absolute atomic E-state index is 0.217. The van der Waals surface area contributed by atoms with Crippen molar-refractivity contribution in [3.8, 4) is 0 Å². The molecule has 1 atom stereocenters. The molecule has 2 N–H and O–H groups in total. The average molecular weight is 370 g/mol. The summed E-state index contributed by atoms with van der Waals surface area (Å²) in [5.41, 5.74) is 1.07. The van der Waals surface area contributed by atoms with Gasteiger partial charge in [0.1, 0.15) is 0 Å². The number of rotatable bonds is 4. The first-order chi connectivity index (χ1) is 6.63. The Morgan fingerprint density at radius 3 is 2.86 bits per heavy atom. The van der Waals surface area contributed by atoms with Gasteiger partial charge >= 0.3 is 0 Å². The molecule has 0 bridgehead atoms. The zero-order valence-electron chi connectivity index (χ0n) is 7.93. The van der Waals surface area contributed by atoms with Crippen LogP contribution in [0.2, 0.25) is 0 Å². The van der Waals surface area contributed by atoms with E-state index in [2.05, 4.69) is 56.0 Å². The van der Waals surface area contributed by atoms with E-state index in [4.69, 9.17) is 5.11 Å². The first-order valence-electron chi connectivity index (χ1n) is 4.43. The second-order valence-corrected chi connectivity index (χ2v) is 5.39. The summed E-state index contributed by atoms with van der Waals surface area (Å²) in [5, 5.41) is 12.2. The van der Waals surface area contributed by atoms with Crippen molar-refractivity contribution in [1.29, 1.82) is 0 Å². The SMILES string of the molecule is CC(CO)CNc1ccc(I)cc1Br. The lowest BCUT2D eigenvalue weighted by Gasteiger charge is -2.12. The van der Waals surface area contributed by atoms with Crippen LogP contribution >= 0.6 is 38.5 Å². The van der Waals surface area contributed by atoms with E-state index in [0.717, 1.165) is 16.7 Å². The van der Waals surface area contributed by atoms with E-state index in [1.54, 1.807) is 0 Å². The van der Waals surface area contributed by atoms with Gasteiger partial charge in [-0.05, 0) is 62.6 Å². The van der Waals surface area contributed by atoms with Crippen LogP contribution < -0.4 is 5.32 Å². The predicted molar refractivity (Wildman–Crippen MR) is 71.6 cm³/mol. The molecule has 1 aromatic carbocycles. The molecule has 4 heteroatoms. The van der Waals surface area contributed by atoms with Crippen LogP contribution in [0.5, 0.6) is 0 Å². The molecule has 1 unspecified atom stereocenters. The third kappa shape index (κ3) is 3.74. The highest BCUT2D eigenvalue weighted by Gasteiger charge is 2.02. The number of hydrogen-bond donors (Lipinski definition) is 2. The van der Waals surface area contributed by atoms with Gasteiger partial charge in [0, 0.05) is 26.9 Å². The Bertz CT molecular complexity index is 306. The molecule has 0 spiro atoms. The van der Waals surface area contributed by atoms with Gasteiger partial charge in [-0.2, -0.15) is 0 Å². The van der Waals surface area contributed by atoms with E-state index in [1.807, 2.05) is 13.0 Å². The average Bonchev–Trinajstić information content (AvgIpc) is 2.16. The van der Waals surface area contributed by atoms with Gasteiger partial charge in [-0.1, -0.05) is 6.92 Å². The number of halogens is 2. The van der Waals surface area contributed by atoms with Crippen LogP contribution in [0.15, 0.2) is 22.7 Å². The maximum Gasteiger partial charge on any atom is 0.0485 e. The molecule has 0 saturated heterocycles. The normalized spacial score (nSPS) is 12.6. The fourth-order valence-electron chi connectivity index (χ4n) is 0.982. The summed E-state index contributed by atoms with van der Waals surface area (Å²) in [6, 6.07) is 6.15. The Morgan fingerprint density at radius 1 is 1.57 bits per heavy atom. The predicted octanol–water partition coefficient (Wildman–Crippen LogP) is 3.09. The minimum atomic E-state index is 0.217. The van der Waals surface area contributed by atoms with Gasteiger partial charge in [0.15, 0.2) is 0 Å². The van der Waals surface area contributed by atoms with E-state index < -0.39 is 0 Å². The fourth-order valence-corrected chi connectivity index (χ4v) is 2.42. The van der Waals surface area contributed by atoms with Crippen LogP contribution in [-0.4, -0.2) is 18.3 Å². The molecule has 0 radical (unpaired) electrons. The Kier molecular flexibility index (Phi) is 5.19. The molecule has 1 aromatic rings. The van der Waals surface area contributed by atoms with Crippen molar-refractivity contribution in [1.82, 2.24) is 0 Å². The number of benzene rings is 1. The van der Waals surface area contributed by atoms with Crippen molar-refractivity contribution in [2.45, 2.75) is 6.92 Å². The summed E-state index contributed by atoms with van der Waals surface area (Å²) >= 11 is 5.76. The van der Waals surface area contributed by atoms with Gasteiger partial charge in [-0.15, -0.1) is 0 Å². The fraction of sp³-hybridized carbons (Fsp3) is 0.400. The van der Waals surface area contributed by atoms with Crippen LogP contribution in [-0.2, 0) is 0 Å². The molecule has 0 aliphatic carbocycles. The Balaban J connectivity index is 2.59. The third-order valence-corrected chi connectivity index (χ3v) is 3.21. The molecule has 0 amide bonds. The van der Waals surface area contributed by atoms with E-state index >= 15 is 0 Å². The summed E-state index contributed by atoms with van der Waals surface area (Å²) in [7, 11) is 0. The Morgan fingerprint density at radius 2 is 2.29 bits per heavy atom. The first-order valence-corrected chi connectivity index (χ1v) is 6.30. The van der Waals surface area contributed by atoms with Gasteiger partial charge < -0.3 is 10.4 Å². The first kappa shape index (κ1) is 12.3. The maximum absolute atomic E-state index is 8.87. The Hall–Kier alpha value is 0.190. The lowest BCUT2D eigenvalue weighted by atomic mass is 10.2. The third-order valence-electron chi connectivity index (χ3n) is 1.88. The van der Waals surface area contributed by atoms with Crippen molar-refractivity contribution in [3.63, 3.8) is 0 Å². The van der Waals surface area contributed by atoms with E-state index in [9.17, 15) is 0 Å². The molecule has 14 heavy (non-hydrogen) atoms. The van der Waals surface area contributed by atoms with Crippen LogP contribution in [0.25, 0.3) is 0 Å². The standard InChI is InChI=1S/C10H13BrINO/c1-7(6-14)5-13-10-3-2-8(12)4-9(10)11/h2-4,7,13-14H,5-6H2,1H3. The van der Waals surface area contributed by atoms with Crippen LogP contribution in [0.3, 0.4) is 0 Å². The van der Waals surface area contributed by atoms with Crippen LogP contribution in [0.1, 0.15) is 6.92 Å². The number of anilines is 1. The molecular formula is C10H13BrINO. The van der Waals surface area contributed by atoms with Crippen LogP contribution in [0, 0.1) is 9.49 Å². The highest BCUT2D eigenvalue weighted by Crippen LogP contribution is 2.24. The van der Waals surface area contributed by atoms with Crippen molar-refractivity contribution < 1.29 is 5.11 Å². The maximum atomic E-state index is 8.87. The molecule has 0 aliphatic heterocycles. The molecule has 0 fully saturated rings. The molecule has 0 saturated carbocycles. The van der Waals surface area contributed by atoms with Gasteiger partial charge in [-0.3, -0.25) is 0 Å². The molecule has 1 rings (SSSR count). The molecule has 2 nitrogen and oxygen atoms in total. The van der Waals surface area contributed by atoms with Gasteiger partial charge in [0.25, 0.3) is 0 Å². The van der Waals surface area contributed by atoms with Crippen molar-refractivity contribution in [2.24, 2.45) is 5.92 Å². The Labute approximate surface area is 106 Å². The van der Waals surface area contributed by atoms with Crippen molar-refractivity contribution in [3.05, 3.63) is 26.2 Å². The van der Waals surface area contributed by atoms with E-state index in [1.165, 1.54) is 3.57 Å². The lowest BCUT2D eigenvalue weighted by Crippen LogP contribution is -2.14. The smallest absolute Gasteiger partial charge is 0.0485 e. The van der Waals surface area contributed by atoms with Gasteiger partial charge in [-0.25, -0.2) is 0 Å². The second kappa shape index (κ2) is 5.92. The molecule has 0 heterocycles. The highest BCUT2D eigenvalue weighted by atomic mass is 127. The number of hydrogen-bond acceptors (Lipinski definition) is 2. The minimum Gasteiger partial charge on any atom is -0.396 e. The van der Waals surface area contributed by atoms with E-state index in [-0.39, 0.29) is 12.5 Å². The molecule has 0 aliphatic rings. The van der Waals surface area contributed by atoms with Gasteiger partial charge in [0.05, 0.1) is 0 Å². The largest absolute Gasteiger partial charge is 0.396 e.